The predicted octanol–water partition coefficient (Wildman–Crippen LogP) is 5.66. The summed E-state index contributed by atoms with van der Waals surface area (Å²) >= 11 is 6.11. The normalized spacial score (nSPS) is 18.8. The third-order valence-electron chi connectivity index (χ3n) is 5.54. The van der Waals surface area contributed by atoms with Crippen molar-refractivity contribution in [1.29, 1.82) is 0 Å². The highest BCUT2D eigenvalue weighted by atomic mass is 35.5. The summed E-state index contributed by atoms with van der Waals surface area (Å²) in [6, 6.07) is 11.8. The number of rotatable bonds is 3. The van der Waals surface area contributed by atoms with E-state index in [1.54, 1.807) is 18.3 Å². The van der Waals surface area contributed by atoms with E-state index in [2.05, 4.69) is 30.7 Å². The number of nitrogens with zero attached hydrogens (tertiary/aromatic N) is 2. The van der Waals surface area contributed by atoms with Crippen LogP contribution in [0.3, 0.4) is 0 Å². The second-order valence-corrected chi connectivity index (χ2v) is 9.85. The first kappa shape index (κ1) is 21.5. The van der Waals surface area contributed by atoms with Crippen LogP contribution in [0.25, 0.3) is 11.1 Å². The maximum Gasteiger partial charge on any atom is 0.283 e. The Balaban J connectivity index is 1.64. The number of ether oxygens (including phenoxy) is 3. The minimum Gasteiger partial charge on any atom is -0.493 e. The highest BCUT2D eigenvalue weighted by Crippen LogP contribution is 2.51. The van der Waals surface area contributed by atoms with E-state index in [0.717, 1.165) is 5.56 Å². The second-order valence-electron chi connectivity index (χ2n) is 9.41. The van der Waals surface area contributed by atoms with E-state index in [1.807, 2.05) is 18.2 Å². The van der Waals surface area contributed by atoms with Crippen LogP contribution in [0.2, 0.25) is 5.02 Å². The molecule has 0 saturated heterocycles. The Morgan fingerprint density at radius 1 is 1.15 bits per heavy atom. The summed E-state index contributed by atoms with van der Waals surface area (Å²) in [5.41, 5.74) is 7.20. The van der Waals surface area contributed by atoms with Gasteiger partial charge in [0.15, 0.2) is 5.54 Å². The molecule has 0 unspecified atom stereocenters. The molecule has 0 amide bonds. The summed E-state index contributed by atoms with van der Waals surface area (Å²) in [7, 11) is 0. The molecule has 0 radical (unpaired) electrons. The molecule has 2 N–H and O–H groups in total. The fourth-order valence-electron chi connectivity index (χ4n) is 3.96. The lowest BCUT2D eigenvalue weighted by molar-refractivity contribution is 0.197. The van der Waals surface area contributed by atoms with Crippen molar-refractivity contribution in [1.82, 2.24) is 4.98 Å². The standard InChI is InChI=1S/C25H23ClFN3O3/c1-24(2,3)12-31-16-5-7-21-18(10-16)25(13-32-23(28)30-25)19-8-14(11-29-22(19)33-21)17-9-15(26)4-6-20(17)27/h4-11H,12-13H2,1-3H3,(H2,28,30)/t25-/m0/s1. The van der Waals surface area contributed by atoms with Crippen LogP contribution in [0.1, 0.15) is 31.9 Å². The van der Waals surface area contributed by atoms with Gasteiger partial charge in [0.2, 0.25) is 5.88 Å². The molecule has 1 aromatic heterocycles. The molecule has 5 rings (SSSR count). The zero-order chi connectivity index (χ0) is 23.4. The molecular weight excluding hydrogens is 445 g/mol. The number of pyridine rings is 1. The van der Waals surface area contributed by atoms with Crippen molar-refractivity contribution >= 4 is 17.6 Å². The number of fused-ring (bicyclic) bond motifs is 4. The highest BCUT2D eigenvalue weighted by molar-refractivity contribution is 6.30. The molecule has 1 atom stereocenters. The maximum absolute atomic E-state index is 14.6. The molecule has 0 bridgehead atoms. The van der Waals surface area contributed by atoms with Crippen LogP contribution in [0.5, 0.6) is 17.4 Å². The lowest BCUT2D eigenvalue weighted by Crippen LogP contribution is -2.31. The number of benzene rings is 2. The van der Waals surface area contributed by atoms with E-state index in [-0.39, 0.29) is 18.0 Å². The number of nitrogens with two attached hydrogens (primary N) is 1. The van der Waals surface area contributed by atoms with Gasteiger partial charge >= 0.3 is 0 Å². The zero-order valence-corrected chi connectivity index (χ0v) is 19.2. The largest absolute Gasteiger partial charge is 0.493 e. The molecule has 0 saturated carbocycles. The average molecular weight is 468 g/mol. The van der Waals surface area contributed by atoms with Gasteiger partial charge in [0.05, 0.1) is 12.2 Å². The summed E-state index contributed by atoms with van der Waals surface area (Å²) in [6.07, 6.45) is 1.55. The van der Waals surface area contributed by atoms with Crippen LogP contribution >= 0.6 is 11.6 Å². The van der Waals surface area contributed by atoms with Gasteiger partial charge < -0.3 is 19.9 Å². The Bertz CT molecular complexity index is 1290. The fraction of sp³-hybridized carbons (Fsp3) is 0.280. The topological polar surface area (TPSA) is 79.0 Å². The summed E-state index contributed by atoms with van der Waals surface area (Å²) < 4.78 is 32.3. The first-order chi connectivity index (χ1) is 15.6. The van der Waals surface area contributed by atoms with Crippen LogP contribution in [0, 0.1) is 11.2 Å². The van der Waals surface area contributed by atoms with Crippen LogP contribution in [0.15, 0.2) is 53.7 Å². The fourth-order valence-corrected chi connectivity index (χ4v) is 4.14. The molecule has 8 heteroatoms. The van der Waals surface area contributed by atoms with Crippen LogP contribution in [0.4, 0.5) is 4.39 Å². The lowest BCUT2D eigenvalue weighted by Gasteiger charge is -2.33. The molecule has 2 aliphatic heterocycles. The van der Waals surface area contributed by atoms with Gasteiger partial charge in [-0.05, 0) is 47.9 Å². The second kappa shape index (κ2) is 7.63. The van der Waals surface area contributed by atoms with Crippen LogP contribution in [-0.4, -0.2) is 24.2 Å². The number of aliphatic imine (C=N–C) groups is 1. The summed E-state index contributed by atoms with van der Waals surface area (Å²) in [6.45, 7) is 7.00. The van der Waals surface area contributed by atoms with E-state index in [9.17, 15) is 4.39 Å². The van der Waals surface area contributed by atoms with E-state index in [1.165, 1.54) is 12.1 Å². The Labute approximate surface area is 196 Å². The van der Waals surface area contributed by atoms with E-state index >= 15 is 0 Å². The number of hydrogen-bond acceptors (Lipinski definition) is 6. The van der Waals surface area contributed by atoms with Crippen LogP contribution < -0.4 is 15.2 Å². The minimum atomic E-state index is -0.994. The quantitative estimate of drug-likeness (QED) is 0.537. The van der Waals surface area contributed by atoms with Gasteiger partial charge in [-0.25, -0.2) is 14.4 Å². The molecule has 3 aromatic rings. The van der Waals surface area contributed by atoms with Crippen molar-refractivity contribution in [3.63, 3.8) is 0 Å². The smallest absolute Gasteiger partial charge is 0.283 e. The van der Waals surface area contributed by atoms with Gasteiger partial charge in [-0.1, -0.05) is 32.4 Å². The summed E-state index contributed by atoms with van der Waals surface area (Å²) in [4.78, 5) is 9.14. The van der Waals surface area contributed by atoms with Crippen molar-refractivity contribution in [2.45, 2.75) is 26.3 Å². The molecule has 0 aliphatic carbocycles. The Morgan fingerprint density at radius 2 is 1.97 bits per heavy atom. The van der Waals surface area contributed by atoms with E-state index in [0.29, 0.717) is 45.7 Å². The average Bonchev–Trinajstić information content (AvgIpc) is 3.16. The Hall–Kier alpha value is -3.32. The van der Waals surface area contributed by atoms with E-state index < -0.39 is 11.4 Å². The molecule has 3 heterocycles. The molecule has 1 spiro atoms. The molecule has 6 nitrogen and oxygen atoms in total. The molecular formula is C25H23ClFN3O3. The number of hydrogen-bond donors (Lipinski definition) is 1. The van der Waals surface area contributed by atoms with Gasteiger partial charge in [-0.2, -0.15) is 0 Å². The van der Waals surface area contributed by atoms with Crippen molar-refractivity contribution in [2.75, 3.05) is 13.2 Å². The first-order valence-electron chi connectivity index (χ1n) is 10.5. The predicted molar refractivity (Wildman–Crippen MR) is 124 cm³/mol. The molecule has 0 fully saturated rings. The maximum atomic E-state index is 14.6. The Morgan fingerprint density at radius 3 is 2.70 bits per heavy atom. The third kappa shape index (κ3) is 3.86. The molecule has 33 heavy (non-hydrogen) atoms. The van der Waals surface area contributed by atoms with Crippen molar-refractivity contribution in [3.05, 3.63) is 70.6 Å². The number of halogens is 2. The van der Waals surface area contributed by atoms with Crippen molar-refractivity contribution in [3.8, 4) is 28.5 Å². The Kier molecular flexibility index (Phi) is 4.97. The third-order valence-corrected chi connectivity index (χ3v) is 5.78. The summed E-state index contributed by atoms with van der Waals surface area (Å²) in [5.74, 6) is 1.22. The lowest BCUT2D eigenvalue weighted by atomic mass is 9.81. The monoisotopic (exact) mass is 467 g/mol. The minimum absolute atomic E-state index is 0.00437. The highest BCUT2D eigenvalue weighted by Gasteiger charge is 2.48. The van der Waals surface area contributed by atoms with Crippen LogP contribution in [-0.2, 0) is 10.3 Å². The van der Waals surface area contributed by atoms with Gasteiger partial charge in [-0.3, -0.25) is 0 Å². The summed E-state index contributed by atoms with van der Waals surface area (Å²) in [5, 5.41) is 0.424. The van der Waals surface area contributed by atoms with Crippen molar-refractivity contribution < 1.29 is 18.6 Å². The molecule has 2 aliphatic rings. The molecule has 170 valence electrons. The number of aromatic nitrogens is 1. The van der Waals surface area contributed by atoms with Gasteiger partial charge in [0, 0.05) is 27.9 Å². The van der Waals surface area contributed by atoms with Gasteiger partial charge in [0.1, 0.15) is 23.9 Å². The SMILES string of the molecule is CC(C)(C)COc1ccc2c(c1)[C@@]1(COC(N)=N1)c1cc(-c3cc(Cl)ccc3F)cnc1O2. The van der Waals surface area contributed by atoms with Gasteiger partial charge in [-0.15, -0.1) is 0 Å². The van der Waals surface area contributed by atoms with Crippen molar-refractivity contribution in [2.24, 2.45) is 16.1 Å². The number of amidine groups is 1. The van der Waals surface area contributed by atoms with E-state index in [4.69, 9.17) is 31.5 Å². The molecule has 2 aromatic carbocycles. The van der Waals surface area contributed by atoms with Gasteiger partial charge in [0.25, 0.3) is 6.02 Å². The zero-order valence-electron chi connectivity index (χ0n) is 18.5. The first-order valence-corrected chi connectivity index (χ1v) is 10.9.